The highest BCUT2D eigenvalue weighted by Gasteiger charge is 2.27. The second-order valence-corrected chi connectivity index (χ2v) is 13.6. The van der Waals surface area contributed by atoms with E-state index >= 15 is 0 Å². The van der Waals surface area contributed by atoms with Gasteiger partial charge in [0, 0.05) is 72.0 Å². The van der Waals surface area contributed by atoms with Crippen molar-refractivity contribution in [2.24, 2.45) is 0 Å². The van der Waals surface area contributed by atoms with Gasteiger partial charge in [0.15, 0.2) is 0 Å². The Labute approximate surface area is 301 Å². The molecule has 0 bridgehead atoms. The molecule has 3 N–H and O–H groups in total. The number of carbonyl (C=O) groups is 2. The fourth-order valence-corrected chi connectivity index (χ4v) is 7.53. The summed E-state index contributed by atoms with van der Waals surface area (Å²) in [6.07, 6.45) is 0.311. The number of halogens is 2. The summed E-state index contributed by atoms with van der Waals surface area (Å²) in [6.45, 7) is 4.17. The molecule has 2 unspecified atom stereocenters. The lowest BCUT2D eigenvalue weighted by Gasteiger charge is -2.31. The zero-order chi connectivity index (χ0) is 35.5. The van der Waals surface area contributed by atoms with Crippen LogP contribution in [0, 0.1) is 0 Å². The topological polar surface area (TPSA) is 124 Å². The molecule has 1 fully saturated rings. The number of nitrogens with zero attached hydrogens (tertiary/aromatic N) is 3. The van der Waals surface area contributed by atoms with E-state index in [9.17, 15) is 19.8 Å². The van der Waals surface area contributed by atoms with Crippen LogP contribution in [0.5, 0.6) is 11.6 Å². The van der Waals surface area contributed by atoms with E-state index in [0.29, 0.717) is 52.8 Å². The van der Waals surface area contributed by atoms with Gasteiger partial charge >= 0.3 is 6.09 Å². The molecule has 6 rings (SSSR count). The normalized spacial score (nSPS) is 16.4. The molecule has 1 saturated heterocycles. The Kier molecular flexibility index (Phi) is 10.8. The third kappa shape index (κ3) is 7.54. The predicted octanol–water partition coefficient (Wildman–Crippen LogP) is 6.90. The molecule has 2 amide bonds. The minimum absolute atomic E-state index is 0.0436. The summed E-state index contributed by atoms with van der Waals surface area (Å²) >= 11 is 14.3. The number of pyridine rings is 1. The van der Waals surface area contributed by atoms with Crippen molar-refractivity contribution in [3.63, 3.8) is 0 Å². The molecule has 3 heterocycles. The zero-order valence-corrected chi connectivity index (χ0v) is 29.7. The minimum Gasteiger partial charge on any atom is -0.496 e. The Bertz CT molecular complexity index is 1900. The van der Waals surface area contributed by atoms with Crippen LogP contribution in [0.25, 0.3) is 33.5 Å². The van der Waals surface area contributed by atoms with Crippen molar-refractivity contribution in [1.82, 2.24) is 20.1 Å². The molecule has 4 aromatic rings. The van der Waals surface area contributed by atoms with Gasteiger partial charge in [0.2, 0.25) is 11.8 Å². The largest absolute Gasteiger partial charge is 0.496 e. The molecule has 10 nitrogen and oxygen atoms in total. The third-order valence-corrected chi connectivity index (χ3v) is 10.1. The van der Waals surface area contributed by atoms with Gasteiger partial charge in [-0.05, 0) is 49.1 Å². The van der Waals surface area contributed by atoms with Gasteiger partial charge < -0.3 is 29.9 Å². The van der Waals surface area contributed by atoms with Gasteiger partial charge in [0.05, 0.1) is 42.6 Å². The molecule has 2 aliphatic rings. The number of rotatable bonds is 11. The maximum atomic E-state index is 12.1. The molecule has 1 aromatic heterocycles. The molecule has 0 saturated carbocycles. The molecular formula is C38H40Cl2N4O6. The number of nitrogens with one attached hydrogen (secondary N) is 1. The lowest BCUT2D eigenvalue weighted by atomic mass is 9.91. The standard InChI is InChI=1S/C38H40Cl2N4O6/c1-22(45)18-43-15-14-23-16-25(17-33(49-2)31(23)21-43)27-6-4-7-28(35(27)39)29-8-5-9-30(36(29)40)32-12-10-24(37(42-32)50-3)19-44(38(47)48)20-26-11-13-34(46)41-26/h4-10,12,16-17,22,26,45H,11,13-15,18-21H2,1-3H3,(H,41,46)(H,47,48). The van der Waals surface area contributed by atoms with Gasteiger partial charge in [-0.2, -0.15) is 0 Å². The average molecular weight is 720 g/mol. The van der Waals surface area contributed by atoms with Crippen LogP contribution in [0.3, 0.4) is 0 Å². The molecule has 0 aliphatic carbocycles. The van der Waals surface area contributed by atoms with E-state index in [1.807, 2.05) is 42.5 Å². The molecule has 2 aliphatic heterocycles. The summed E-state index contributed by atoms with van der Waals surface area (Å²) in [4.78, 5) is 31.9. The van der Waals surface area contributed by atoms with Crippen LogP contribution in [-0.2, 0) is 24.3 Å². The number of methoxy groups -OCH3 is 2. The van der Waals surface area contributed by atoms with E-state index in [2.05, 4.69) is 16.3 Å². The van der Waals surface area contributed by atoms with E-state index in [0.717, 1.165) is 46.5 Å². The van der Waals surface area contributed by atoms with Crippen LogP contribution in [0.4, 0.5) is 4.79 Å². The number of carbonyl (C=O) groups excluding carboxylic acids is 1. The van der Waals surface area contributed by atoms with Gasteiger partial charge in [-0.3, -0.25) is 9.69 Å². The first-order chi connectivity index (χ1) is 24.1. The number of aliphatic hydroxyl groups excluding tert-OH is 1. The first kappa shape index (κ1) is 35.5. The first-order valence-electron chi connectivity index (χ1n) is 16.6. The summed E-state index contributed by atoms with van der Waals surface area (Å²) < 4.78 is 11.4. The molecular weight excluding hydrogens is 679 g/mol. The Morgan fingerprint density at radius 2 is 1.72 bits per heavy atom. The number of ether oxygens (including phenoxy) is 2. The highest BCUT2D eigenvalue weighted by molar-refractivity contribution is 6.39. The number of aromatic nitrogens is 1. The number of amides is 2. The predicted molar refractivity (Wildman–Crippen MR) is 194 cm³/mol. The summed E-state index contributed by atoms with van der Waals surface area (Å²) in [5.41, 5.74) is 7.41. The maximum absolute atomic E-state index is 12.1. The van der Waals surface area contributed by atoms with Crippen LogP contribution >= 0.6 is 23.2 Å². The number of hydrogen-bond acceptors (Lipinski definition) is 7. The van der Waals surface area contributed by atoms with Crippen molar-refractivity contribution in [3.05, 3.63) is 87.4 Å². The Morgan fingerprint density at radius 1 is 1.02 bits per heavy atom. The average Bonchev–Trinajstić information content (AvgIpc) is 3.52. The summed E-state index contributed by atoms with van der Waals surface area (Å²) in [5.74, 6) is 0.993. The van der Waals surface area contributed by atoms with Crippen molar-refractivity contribution < 1.29 is 29.3 Å². The lowest BCUT2D eigenvalue weighted by molar-refractivity contribution is -0.119. The van der Waals surface area contributed by atoms with E-state index < -0.39 is 12.2 Å². The summed E-state index contributed by atoms with van der Waals surface area (Å²) in [7, 11) is 3.16. The highest BCUT2D eigenvalue weighted by Crippen LogP contribution is 2.44. The number of aliphatic hydroxyl groups is 1. The van der Waals surface area contributed by atoms with Gasteiger partial charge in [-0.15, -0.1) is 0 Å². The van der Waals surface area contributed by atoms with Gasteiger partial charge in [-0.1, -0.05) is 65.7 Å². The number of carboxylic acid groups (broad SMARTS) is 1. The summed E-state index contributed by atoms with van der Waals surface area (Å²) in [6, 6.07) is 19.1. The van der Waals surface area contributed by atoms with Crippen molar-refractivity contribution in [2.45, 2.75) is 51.4 Å². The Balaban J connectivity index is 1.29. The highest BCUT2D eigenvalue weighted by atomic mass is 35.5. The molecule has 3 aromatic carbocycles. The lowest BCUT2D eigenvalue weighted by Crippen LogP contribution is -2.41. The van der Waals surface area contributed by atoms with E-state index in [1.54, 1.807) is 26.2 Å². The van der Waals surface area contributed by atoms with E-state index in [-0.39, 0.29) is 30.9 Å². The minimum atomic E-state index is -1.10. The van der Waals surface area contributed by atoms with Crippen molar-refractivity contribution in [2.75, 3.05) is 33.9 Å². The number of hydrogen-bond donors (Lipinski definition) is 3. The zero-order valence-electron chi connectivity index (χ0n) is 28.2. The van der Waals surface area contributed by atoms with Crippen molar-refractivity contribution in [1.29, 1.82) is 0 Å². The SMILES string of the molecule is COc1cc(-c2cccc(-c3cccc(-c4ccc(CN(CC5CCC(=O)N5)C(=O)O)c(OC)n4)c3Cl)c2Cl)cc2c1CN(CC(C)O)CC2. The van der Waals surface area contributed by atoms with Crippen LogP contribution in [0.2, 0.25) is 10.0 Å². The van der Waals surface area contributed by atoms with E-state index in [1.165, 1.54) is 17.6 Å². The van der Waals surface area contributed by atoms with Crippen LogP contribution < -0.4 is 14.8 Å². The van der Waals surface area contributed by atoms with E-state index in [4.69, 9.17) is 37.7 Å². The molecule has 50 heavy (non-hydrogen) atoms. The maximum Gasteiger partial charge on any atom is 0.407 e. The second kappa shape index (κ2) is 15.3. The molecule has 262 valence electrons. The Hall–Kier alpha value is -4.35. The van der Waals surface area contributed by atoms with Crippen LogP contribution in [0.15, 0.2) is 60.7 Å². The fourth-order valence-electron chi connectivity index (χ4n) is 6.87. The molecule has 12 heteroatoms. The second-order valence-electron chi connectivity index (χ2n) is 12.8. The van der Waals surface area contributed by atoms with Gasteiger partial charge in [0.1, 0.15) is 5.75 Å². The van der Waals surface area contributed by atoms with Gasteiger partial charge in [0.25, 0.3) is 0 Å². The number of β-amino-alcohol motifs (C(OH)–C–C–N with tert-alkyl or cyclic N) is 1. The smallest absolute Gasteiger partial charge is 0.407 e. The Morgan fingerprint density at radius 3 is 2.36 bits per heavy atom. The van der Waals surface area contributed by atoms with Crippen LogP contribution in [0.1, 0.15) is 36.5 Å². The summed E-state index contributed by atoms with van der Waals surface area (Å²) in [5, 5.41) is 23.6. The van der Waals surface area contributed by atoms with Gasteiger partial charge in [-0.25, -0.2) is 9.78 Å². The fraction of sp³-hybridized carbons (Fsp3) is 0.342. The van der Waals surface area contributed by atoms with Crippen LogP contribution in [-0.4, -0.2) is 83.0 Å². The molecule has 0 radical (unpaired) electrons. The number of fused-ring (bicyclic) bond motifs is 1. The number of benzene rings is 3. The van der Waals surface area contributed by atoms with Crippen molar-refractivity contribution >= 4 is 35.2 Å². The van der Waals surface area contributed by atoms with Crippen molar-refractivity contribution in [3.8, 4) is 45.1 Å². The third-order valence-electron chi connectivity index (χ3n) is 9.29. The quantitative estimate of drug-likeness (QED) is 0.153. The monoisotopic (exact) mass is 718 g/mol. The molecule has 0 spiro atoms. The first-order valence-corrected chi connectivity index (χ1v) is 17.3. The molecule has 2 atom stereocenters.